The van der Waals surface area contributed by atoms with Crippen molar-refractivity contribution in [2.45, 2.75) is 24.4 Å². The van der Waals surface area contributed by atoms with Crippen molar-refractivity contribution in [1.29, 1.82) is 0 Å². The van der Waals surface area contributed by atoms with E-state index < -0.39 is 23.7 Å². The van der Waals surface area contributed by atoms with E-state index >= 15 is 0 Å². The van der Waals surface area contributed by atoms with E-state index in [9.17, 15) is 13.6 Å². The zero-order valence-electron chi connectivity index (χ0n) is 13.7. The first-order valence-corrected chi connectivity index (χ1v) is 8.18. The Kier molecular flexibility index (Phi) is 3.83. The Balaban J connectivity index is 1.38. The molecule has 0 N–H and O–H groups in total. The summed E-state index contributed by atoms with van der Waals surface area (Å²) in [5.41, 5.74) is 1.25. The molecule has 1 saturated heterocycles. The largest absolute Gasteiger partial charge is 0.377 e. The number of rotatable bonds is 5. The number of aromatic nitrogens is 1. The van der Waals surface area contributed by atoms with E-state index in [2.05, 4.69) is 5.16 Å². The van der Waals surface area contributed by atoms with Crippen LogP contribution in [-0.2, 0) is 16.1 Å². The number of halogens is 2. The van der Waals surface area contributed by atoms with Crippen LogP contribution in [0.5, 0.6) is 0 Å². The van der Waals surface area contributed by atoms with Crippen LogP contribution in [0.3, 0.4) is 0 Å². The molecule has 0 spiro atoms. The van der Waals surface area contributed by atoms with Gasteiger partial charge < -0.3 is 14.2 Å². The lowest BCUT2D eigenvalue weighted by Crippen LogP contribution is -2.49. The maximum atomic E-state index is 14.1. The lowest BCUT2D eigenvalue weighted by Gasteiger charge is -2.38. The monoisotopic (exact) mass is 348 g/mol. The Morgan fingerprint density at radius 1 is 1.36 bits per heavy atom. The SMILES string of the molecule is COCc1cc(C2CN(C(=O)[C@@H]3[C@@H](c4ccccc4)C3(F)F)C2)no1. The van der Waals surface area contributed by atoms with Gasteiger partial charge in [-0.15, -0.1) is 0 Å². The second-order valence-corrected chi connectivity index (χ2v) is 6.63. The molecule has 132 valence electrons. The average Bonchev–Trinajstić information content (AvgIpc) is 2.88. The number of methoxy groups -OCH3 is 1. The highest BCUT2D eigenvalue weighted by Gasteiger charge is 2.73. The molecule has 0 unspecified atom stereocenters. The van der Waals surface area contributed by atoms with Crippen molar-refractivity contribution in [3.05, 3.63) is 53.4 Å². The Bertz CT molecular complexity index is 772. The van der Waals surface area contributed by atoms with Crippen molar-refractivity contribution in [1.82, 2.24) is 10.1 Å². The Hall–Kier alpha value is -2.28. The Labute approximate surface area is 143 Å². The molecular weight excluding hydrogens is 330 g/mol. The van der Waals surface area contributed by atoms with Crippen LogP contribution < -0.4 is 0 Å². The molecule has 25 heavy (non-hydrogen) atoms. The number of alkyl halides is 2. The van der Waals surface area contributed by atoms with Crippen LogP contribution >= 0.6 is 0 Å². The molecule has 1 saturated carbocycles. The van der Waals surface area contributed by atoms with Gasteiger partial charge in [0.05, 0.1) is 11.6 Å². The summed E-state index contributed by atoms with van der Waals surface area (Å²) in [6, 6.07) is 10.3. The fraction of sp³-hybridized carbons (Fsp3) is 0.444. The van der Waals surface area contributed by atoms with Gasteiger partial charge in [0.1, 0.15) is 12.5 Å². The number of hydrogen-bond donors (Lipinski definition) is 0. The van der Waals surface area contributed by atoms with Crippen molar-refractivity contribution in [3.8, 4) is 0 Å². The zero-order chi connectivity index (χ0) is 17.6. The lowest BCUT2D eigenvalue weighted by molar-refractivity contribution is -0.139. The number of benzene rings is 1. The average molecular weight is 348 g/mol. The zero-order valence-corrected chi connectivity index (χ0v) is 13.7. The predicted octanol–water partition coefficient (Wildman–Crippen LogP) is 2.80. The normalized spacial score (nSPS) is 24.8. The molecule has 2 aliphatic rings. The molecule has 1 aromatic carbocycles. The van der Waals surface area contributed by atoms with Gasteiger partial charge in [-0.1, -0.05) is 35.5 Å². The third kappa shape index (κ3) is 2.72. The van der Waals surface area contributed by atoms with E-state index in [0.717, 1.165) is 5.69 Å². The highest BCUT2D eigenvalue weighted by Crippen LogP contribution is 2.62. The summed E-state index contributed by atoms with van der Waals surface area (Å²) in [5.74, 6) is -5.07. The molecule has 2 atom stereocenters. The van der Waals surface area contributed by atoms with Crippen molar-refractivity contribution >= 4 is 5.91 Å². The van der Waals surface area contributed by atoms with Gasteiger partial charge in [-0.2, -0.15) is 0 Å². The first kappa shape index (κ1) is 16.2. The van der Waals surface area contributed by atoms with Crippen LogP contribution in [0.1, 0.15) is 28.9 Å². The molecule has 5 nitrogen and oxygen atoms in total. The Morgan fingerprint density at radius 2 is 2.08 bits per heavy atom. The molecule has 1 amide bonds. The summed E-state index contributed by atoms with van der Waals surface area (Å²) >= 11 is 0. The summed E-state index contributed by atoms with van der Waals surface area (Å²) in [7, 11) is 1.56. The van der Waals surface area contributed by atoms with Gasteiger partial charge in [-0.05, 0) is 5.56 Å². The summed E-state index contributed by atoms with van der Waals surface area (Å²) < 4.78 is 38.4. The third-order valence-electron chi connectivity index (χ3n) is 4.95. The van der Waals surface area contributed by atoms with Gasteiger partial charge in [0.25, 0.3) is 5.92 Å². The van der Waals surface area contributed by atoms with Gasteiger partial charge >= 0.3 is 0 Å². The van der Waals surface area contributed by atoms with Crippen LogP contribution in [0.25, 0.3) is 0 Å². The van der Waals surface area contributed by atoms with Crippen molar-refractivity contribution in [2.24, 2.45) is 5.92 Å². The number of hydrogen-bond acceptors (Lipinski definition) is 4. The quantitative estimate of drug-likeness (QED) is 0.834. The van der Waals surface area contributed by atoms with Crippen LogP contribution in [0.15, 0.2) is 40.9 Å². The summed E-state index contributed by atoms with van der Waals surface area (Å²) in [6.07, 6.45) is 0. The topological polar surface area (TPSA) is 55.6 Å². The molecule has 1 aromatic heterocycles. The van der Waals surface area contributed by atoms with Crippen molar-refractivity contribution in [2.75, 3.05) is 20.2 Å². The van der Waals surface area contributed by atoms with Crippen molar-refractivity contribution < 1.29 is 22.8 Å². The smallest absolute Gasteiger partial charge is 0.268 e. The van der Waals surface area contributed by atoms with Crippen LogP contribution in [-0.4, -0.2) is 42.1 Å². The van der Waals surface area contributed by atoms with Gasteiger partial charge in [0.2, 0.25) is 5.91 Å². The first-order chi connectivity index (χ1) is 12.0. The van der Waals surface area contributed by atoms with E-state index in [1.165, 1.54) is 4.90 Å². The van der Waals surface area contributed by atoms with E-state index in [4.69, 9.17) is 9.26 Å². The fourth-order valence-electron chi connectivity index (χ4n) is 3.48. The van der Waals surface area contributed by atoms with Gasteiger partial charge in [0.15, 0.2) is 5.76 Å². The molecule has 0 radical (unpaired) electrons. The third-order valence-corrected chi connectivity index (χ3v) is 4.95. The van der Waals surface area contributed by atoms with E-state index in [0.29, 0.717) is 31.0 Å². The molecule has 0 bridgehead atoms. The lowest BCUT2D eigenvalue weighted by atomic mass is 9.95. The van der Waals surface area contributed by atoms with E-state index in [1.807, 2.05) is 0 Å². The number of nitrogens with zero attached hydrogens (tertiary/aromatic N) is 2. The number of ether oxygens (including phenoxy) is 1. The molecule has 7 heteroatoms. The molecule has 2 fully saturated rings. The van der Waals surface area contributed by atoms with Gasteiger partial charge in [-0.3, -0.25) is 4.79 Å². The minimum Gasteiger partial charge on any atom is -0.377 e. The minimum atomic E-state index is -2.97. The van der Waals surface area contributed by atoms with E-state index in [1.54, 1.807) is 43.5 Å². The Morgan fingerprint density at radius 3 is 2.76 bits per heavy atom. The summed E-state index contributed by atoms with van der Waals surface area (Å²) in [6.45, 7) is 1.12. The number of likely N-dealkylation sites (tertiary alicyclic amines) is 1. The van der Waals surface area contributed by atoms with Gasteiger partial charge in [-0.25, -0.2) is 8.78 Å². The molecular formula is C18H18F2N2O3. The maximum absolute atomic E-state index is 14.1. The molecule has 1 aliphatic heterocycles. The fourth-order valence-corrected chi connectivity index (χ4v) is 3.48. The number of amides is 1. The summed E-state index contributed by atoms with van der Waals surface area (Å²) in [5, 5.41) is 3.96. The molecule has 2 aromatic rings. The minimum absolute atomic E-state index is 0.0286. The van der Waals surface area contributed by atoms with E-state index in [-0.39, 0.29) is 5.92 Å². The molecule has 2 heterocycles. The molecule has 1 aliphatic carbocycles. The maximum Gasteiger partial charge on any atom is 0.268 e. The first-order valence-electron chi connectivity index (χ1n) is 8.18. The highest BCUT2D eigenvalue weighted by atomic mass is 19.3. The summed E-state index contributed by atoms with van der Waals surface area (Å²) in [4.78, 5) is 13.9. The number of carbonyl (C=O) groups excluding carboxylic acids is 1. The highest BCUT2D eigenvalue weighted by molar-refractivity contribution is 5.86. The van der Waals surface area contributed by atoms with Crippen molar-refractivity contribution in [3.63, 3.8) is 0 Å². The van der Waals surface area contributed by atoms with Crippen LogP contribution in [0.2, 0.25) is 0 Å². The second kappa shape index (κ2) is 5.91. The predicted molar refractivity (Wildman–Crippen MR) is 84.2 cm³/mol. The second-order valence-electron chi connectivity index (χ2n) is 6.63. The van der Waals surface area contributed by atoms with Crippen LogP contribution in [0.4, 0.5) is 8.78 Å². The standard InChI is InChI=1S/C18H18F2N2O3/c1-24-10-13-7-14(21-25-13)12-8-22(9-12)17(23)16-15(18(16,19)20)11-5-3-2-4-6-11/h2-7,12,15-16H,8-10H2,1H3/t15-,16+/m1/s1. The van der Waals surface area contributed by atoms with Crippen LogP contribution in [0, 0.1) is 5.92 Å². The van der Waals surface area contributed by atoms with Gasteiger partial charge in [0, 0.05) is 32.2 Å². The molecule has 4 rings (SSSR count). The number of carbonyl (C=O) groups is 1.